The minimum Gasteiger partial charge on any atom is -0.487 e. The number of benzene rings is 2. The van der Waals surface area contributed by atoms with Crippen LogP contribution in [-0.2, 0) is 25.0 Å². The molecule has 1 unspecified atom stereocenters. The molecule has 2 aromatic carbocycles. The van der Waals surface area contributed by atoms with Gasteiger partial charge in [0, 0.05) is 50.6 Å². The average molecular weight is 528 g/mol. The number of anilines is 1. The van der Waals surface area contributed by atoms with Crippen LogP contribution in [0.3, 0.4) is 0 Å². The van der Waals surface area contributed by atoms with Crippen LogP contribution in [-0.4, -0.2) is 43.5 Å². The van der Waals surface area contributed by atoms with Crippen LogP contribution < -0.4 is 9.64 Å². The highest BCUT2D eigenvalue weighted by Gasteiger charge is 2.35. The Kier molecular flexibility index (Phi) is 7.26. The van der Waals surface area contributed by atoms with Crippen LogP contribution >= 0.6 is 0 Å². The topological polar surface area (TPSA) is 85.4 Å². The fourth-order valence-corrected chi connectivity index (χ4v) is 6.24. The largest absolute Gasteiger partial charge is 0.487 e. The number of carboxylic acid groups (broad SMARTS) is 1. The Morgan fingerprint density at radius 3 is 2.54 bits per heavy atom. The fraction of sp³-hybridized carbons (Fsp3) is 0.452. The van der Waals surface area contributed by atoms with Gasteiger partial charge in [0.15, 0.2) is 0 Å². The van der Waals surface area contributed by atoms with Crippen LogP contribution in [0, 0.1) is 5.92 Å². The molecule has 4 aromatic rings. The molecule has 204 valence electrons. The molecule has 3 heterocycles. The molecular weight excluding hydrogens is 490 g/mol. The van der Waals surface area contributed by atoms with Gasteiger partial charge < -0.3 is 19.3 Å². The van der Waals surface area contributed by atoms with Crippen LogP contribution in [0.1, 0.15) is 67.9 Å². The number of hydrogen-bond donors (Lipinski definition) is 1. The van der Waals surface area contributed by atoms with E-state index in [1.807, 2.05) is 37.5 Å². The summed E-state index contributed by atoms with van der Waals surface area (Å²) in [4.78, 5) is 19.7. The number of aryl methyl sites for hydroxylation is 1. The Hall–Kier alpha value is -3.81. The second kappa shape index (κ2) is 11.1. The van der Waals surface area contributed by atoms with E-state index in [-0.39, 0.29) is 5.92 Å². The lowest BCUT2D eigenvalue weighted by Gasteiger charge is -2.29. The van der Waals surface area contributed by atoms with Crippen molar-refractivity contribution in [1.82, 2.24) is 19.3 Å². The first-order chi connectivity index (χ1) is 19.0. The van der Waals surface area contributed by atoms with Gasteiger partial charge >= 0.3 is 5.97 Å². The van der Waals surface area contributed by atoms with Crippen LogP contribution in [0.15, 0.2) is 54.7 Å². The number of carbonyl (C=O) groups is 1. The number of rotatable bonds is 8. The van der Waals surface area contributed by atoms with Gasteiger partial charge in [0.2, 0.25) is 0 Å². The van der Waals surface area contributed by atoms with Crippen molar-refractivity contribution in [2.75, 3.05) is 18.0 Å². The van der Waals surface area contributed by atoms with E-state index in [0.717, 1.165) is 60.7 Å². The highest BCUT2D eigenvalue weighted by molar-refractivity contribution is 5.79. The van der Waals surface area contributed by atoms with Gasteiger partial charge in [-0.3, -0.25) is 9.48 Å². The maximum Gasteiger partial charge on any atom is 0.307 e. The zero-order valence-electron chi connectivity index (χ0n) is 22.6. The summed E-state index contributed by atoms with van der Waals surface area (Å²) in [6.07, 6.45) is 9.26. The van der Waals surface area contributed by atoms with Crippen molar-refractivity contribution in [3.63, 3.8) is 0 Å². The normalized spacial score (nSPS) is 19.9. The van der Waals surface area contributed by atoms with Gasteiger partial charge in [-0.25, -0.2) is 4.98 Å². The van der Waals surface area contributed by atoms with Crippen molar-refractivity contribution < 1.29 is 14.6 Å². The number of hydrogen-bond acceptors (Lipinski definition) is 5. The lowest BCUT2D eigenvalue weighted by molar-refractivity contribution is -0.143. The van der Waals surface area contributed by atoms with Crippen LogP contribution in [0.2, 0.25) is 0 Å². The molecule has 1 N–H and O–H groups in total. The van der Waals surface area contributed by atoms with E-state index in [4.69, 9.17) is 9.72 Å². The quantitative estimate of drug-likeness (QED) is 0.314. The van der Waals surface area contributed by atoms with E-state index in [1.165, 1.54) is 30.5 Å². The van der Waals surface area contributed by atoms with Gasteiger partial charge in [-0.15, -0.1) is 0 Å². The molecule has 8 heteroatoms. The Morgan fingerprint density at radius 1 is 1.00 bits per heavy atom. The lowest BCUT2D eigenvalue weighted by atomic mass is 9.78. The summed E-state index contributed by atoms with van der Waals surface area (Å²) in [5.74, 6) is 0.396. The molecule has 0 bridgehead atoms. The Labute approximate surface area is 229 Å². The average Bonchev–Trinajstić information content (AvgIpc) is 3.55. The van der Waals surface area contributed by atoms with Crippen LogP contribution in [0.25, 0.3) is 11.0 Å². The number of piperidine rings is 1. The van der Waals surface area contributed by atoms with Crippen molar-refractivity contribution >= 4 is 22.7 Å². The molecule has 1 saturated carbocycles. The summed E-state index contributed by atoms with van der Waals surface area (Å²) in [7, 11) is 1.89. The molecule has 0 spiro atoms. The summed E-state index contributed by atoms with van der Waals surface area (Å²) >= 11 is 0. The number of carboxylic acids is 1. The monoisotopic (exact) mass is 527 g/mol. The molecule has 0 radical (unpaired) electrons. The fourth-order valence-electron chi connectivity index (χ4n) is 6.24. The maximum absolute atomic E-state index is 12.2. The predicted octanol–water partition coefficient (Wildman–Crippen LogP) is 5.75. The third kappa shape index (κ3) is 5.51. The standard InChI is InChI=1S/C31H37N5O3/c1-34-18-15-23(33-34)21-39-25-13-14-28-29(19-25)36(30(32-28)26-7-3-4-8-27(26)31(37)38)20-22-9-11-24(12-10-22)35-16-5-2-6-17-35/h9-15,18-19,26-27H,2-8,16-17,20-21H2,1H3,(H,37,38)/t26?,27-/m0/s1. The molecule has 1 aliphatic carbocycles. The van der Waals surface area contributed by atoms with E-state index in [0.29, 0.717) is 19.6 Å². The number of aliphatic carboxylic acids is 1. The second-order valence-corrected chi connectivity index (χ2v) is 11.0. The number of imidazole rings is 1. The minimum absolute atomic E-state index is 0.103. The maximum atomic E-state index is 12.2. The van der Waals surface area contributed by atoms with Crippen molar-refractivity contribution in [2.24, 2.45) is 13.0 Å². The molecule has 1 saturated heterocycles. The van der Waals surface area contributed by atoms with E-state index >= 15 is 0 Å². The number of fused-ring (bicyclic) bond motifs is 1. The van der Waals surface area contributed by atoms with Gasteiger partial charge in [-0.1, -0.05) is 25.0 Å². The number of ether oxygens (including phenoxy) is 1. The van der Waals surface area contributed by atoms with E-state index in [2.05, 4.69) is 38.8 Å². The molecule has 2 aliphatic rings. The van der Waals surface area contributed by atoms with Crippen LogP contribution in [0.4, 0.5) is 5.69 Å². The molecule has 2 atom stereocenters. The molecule has 1 aliphatic heterocycles. The smallest absolute Gasteiger partial charge is 0.307 e. The summed E-state index contributed by atoms with van der Waals surface area (Å²) in [5, 5.41) is 14.4. The third-order valence-corrected chi connectivity index (χ3v) is 8.32. The summed E-state index contributed by atoms with van der Waals surface area (Å²) < 4.78 is 10.1. The highest BCUT2D eigenvalue weighted by atomic mass is 16.5. The molecule has 8 nitrogen and oxygen atoms in total. The van der Waals surface area contributed by atoms with Crippen LogP contribution in [0.5, 0.6) is 5.75 Å². The highest BCUT2D eigenvalue weighted by Crippen LogP contribution is 2.39. The molecule has 2 fully saturated rings. The van der Waals surface area contributed by atoms with E-state index < -0.39 is 11.9 Å². The van der Waals surface area contributed by atoms with E-state index in [9.17, 15) is 9.90 Å². The molecular formula is C31H37N5O3. The van der Waals surface area contributed by atoms with Crippen molar-refractivity contribution in [2.45, 2.75) is 64.0 Å². The predicted molar refractivity (Wildman–Crippen MR) is 151 cm³/mol. The lowest BCUT2D eigenvalue weighted by Crippen LogP contribution is -2.29. The zero-order valence-corrected chi connectivity index (χ0v) is 22.6. The van der Waals surface area contributed by atoms with E-state index in [1.54, 1.807) is 4.68 Å². The summed E-state index contributed by atoms with van der Waals surface area (Å²) in [5.41, 5.74) is 5.16. The molecule has 0 amide bonds. The van der Waals surface area contributed by atoms with Gasteiger partial charge in [-0.05, 0) is 68.0 Å². The van der Waals surface area contributed by atoms with Gasteiger partial charge in [0.25, 0.3) is 0 Å². The van der Waals surface area contributed by atoms with Gasteiger partial charge in [0.05, 0.1) is 22.6 Å². The summed E-state index contributed by atoms with van der Waals surface area (Å²) in [6, 6.07) is 16.8. The number of nitrogens with zero attached hydrogens (tertiary/aromatic N) is 5. The summed E-state index contributed by atoms with van der Waals surface area (Å²) in [6.45, 7) is 3.26. The van der Waals surface area contributed by atoms with Crippen molar-refractivity contribution in [3.8, 4) is 5.75 Å². The molecule has 6 rings (SSSR count). The van der Waals surface area contributed by atoms with Crippen molar-refractivity contribution in [1.29, 1.82) is 0 Å². The Balaban J connectivity index is 1.33. The first kappa shape index (κ1) is 25.5. The first-order valence-corrected chi connectivity index (χ1v) is 14.2. The minimum atomic E-state index is -0.719. The van der Waals surface area contributed by atoms with Gasteiger partial charge in [0.1, 0.15) is 18.2 Å². The SMILES string of the molecule is Cn1ccc(COc2ccc3nc(C4CCCC[C@@H]4C(=O)O)n(Cc4ccc(N5CCCCC5)cc4)c3c2)n1. The van der Waals surface area contributed by atoms with Crippen molar-refractivity contribution in [3.05, 3.63) is 71.8 Å². The zero-order chi connectivity index (χ0) is 26.8. The van der Waals surface area contributed by atoms with Gasteiger partial charge in [-0.2, -0.15) is 5.10 Å². The molecule has 2 aromatic heterocycles. The Morgan fingerprint density at radius 2 is 1.79 bits per heavy atom. The first-order valence-electron chi connectivity index (χ1n) is 14.2. The third-order valence-electron chi connectivity index (χ3n) is 8.32. The second-order valence-electron chi connectivity index (χ2n) is 11.0. The number of aromatic nitrogens is 4. The Bertz CT molecular complexity index is 1430. The molecule has 39 heavy (non-hydrogen) atoms.